The zero-order valence-electron chi connectivity index (χ0n) is 15.1. The van der Waals surface area contributed by atoms with Crippen molar-refractivity contribution >= 4 is 31.3 Å². The molecule has 0 radical (unpaired) electrons. The highest BCUT2D eigenvalue weighted by Gasteiger charge is 2.36. The standard InChI is InChI=1S/2C5H12O7P2/c1-5(2)3-4-11-14(9,10)12-13(6,7)8;1-4-5(2,3)11-14(9,10)12-13(6,7)8/h1,3-4H2,2H3,(H,9,10)(H2,6,7,8);4H,1H2,2-3H3,(H,9,10)(H2,6,7,8). The lowest BCUT2D eigenvalue weighted by Gasteiger charge is -2.23. The van der Waals surface area contributed by atoms with Gasteiger partial charge < -0.3 is 29.4 Å². The van der Waals surface area contributed by atoms with Crippen molar-refractivity contribution < 1.29 is 65.3 Å². The molecule has 0 fully saturated rings. The normalized spacial score (nSPS) is 16.9. The zero-order chi connectivity index (χ0) is 23.0. The van der Waals surface area contributed by atoms with Crippen molar-refractivity contribution in [2.75, 3.05) is 6.61 Å². The average Bonchev–Trinajstić information content (AvgIpc) is 2.30. The van der Waals surface area contributed by atoms with Crippen LogP contribution in [0.4, 0.5) is 0 Å². The van der Waals surface area contributed by atoms with Crippen molar-refractivity contribution in [2.45, 2.75) is 32.8 Å². The van der Waals surface area contributed by atoms with Gasteiger partial charge in [0.1, 0.15) is 0 Å². The summed E-state index contributed by atoms with van der Waals surface area (Å²) in [7, 11) is -19.5. The molecule has 168 valence electrons. The first kappa shape index (κ1) is 30.2. The maximum atomic E-state index is 11.0. The van der Waals surface area contributed by atoms with Gasteiger partial charge in [-0.3, -0.25) is 9.05 Å². The third-order valence-electron chi connectivity index (χ3n) is 2.04. The second-order valence-electron chi connectivity index (χ2n) is 5.52. The summed E-state index contributed by atoms with van der Waals surface area (Å²) in [6.45, 7) is 11.1. The molecule has 0 spiro atoms. The number of phosphoric ester groups is 2. The highest BCUT2D eigenvalue weighted by Crippen LogP contribution is 2.59. The highest BCUT2D eigenvalue weighted by atomic mass is 31.3. The lowest BCUT2D eigenvalue weighted by molar-refractivity contribution is 0.1000. The molecule has 2 unspecified atom stereocenters. The minimum atomic E-state index is -5.06. The Hall–Kier alpha value is -0.0000000000000000971. The summed E-state index contributed by atoms with van der Waals surface area (Å²) < 4.78 is 58.0. The van der Waals surface area contributed by atoms with E-state index in [0.29, 0.717) is 12.0 Å². The van der Waals surface area contributed by atoms with Gasteiger partial charge in [-0.1, -0.05) is 11.6 Å². The molecule has 0 aliphatic heterocycles. The van der Waals surface area contributed by atoms with E-state index in [1.54, 1.807) is 6.92 Å². The van der Waals surface area contributed by atoms with E-state index in [-0.39, 0.29) is 6.61 Å². The molecule has 0 heterocycles. The van der Waals surface area contributed by atoms with Gasteiger partial charge in [-0.15, -0.1) is 13.2 Å². The summed E-state index contributed by atoms with van der Waals surface area (Å²) in [5, 5.41) is 0. The smallest absolute Gasteiger partial charge is 0.302 e. The van der Waals surface area contributed by atoms with Gasteiger partial charge in [0.25, 0.3) is 0 Å². The number of hydrogen-bond donors (Lipinski definition) is 6. The maximum Gasteiger partial charge on any atom is 0.481 e. The Kier molecular flexibility index (Phi) is 12.3. The summed E-state index contributed by atoms with van der Waals surface area (Å²) in [6.07, 6.45) is 1.49. The highest BCUT2D eigenvalue weighted by molar-refractivity contribution is 7.61. The van der Waals surface area contributed by atoms with Gasteiger partial charge in [0.2, 0.25) is 0 Å². The van der Waals surface area contributed by atoms with Crippen LogP contribution >= 0.6 is 31.3 Å². The molecule has 0 bridgehead atoms. The quantitative estimate of drug-likeness (QED) is 0.180. The van der Waals surface area contributed by atoms with Crippen molar-refractivity contribution in [1.29, 1.82) is 0 Å². The molecule has 28 heavy (non-hydrogen) atoms. The fraction of sp³-hybridized carbons (Fsp3) is 0.600. The van der Waals surface area contributed by atoms with Crippen LogP contribution in [0.2, 0.25) is 0 Å². The molecule has 0 aromatic rings. The Morgan fingerprint density at radius 3 is 1.64 bits per heavy atom. The molecule has 0 rings (SSSR count). The predicted octanol–water partition coefficient (Wildman–Crippen LogP) is 2.36. The van der Waals surface area contributed by atoms with E-state index >= 15 is 0 Å². The van der Waals surface area contributed by atoms with E-state index in [1.165, 1.54) is 19.9 Å². The molecule has 0 amide bonds. The molecule has 0 aromatic carbocycles. The van der Waals surface area contributed by atoms with Crippen molar-refractivity contribution in [3.05, 3.63) is 24.8 Å². The lowest BCUT2D eigenvalue weighted by Crippen LogP contribution is -2.19. The molecular weight excluding hydrogens is 468 g/mol. The van der Waals surface area contributed by atoms with Gasteiger partial charge in [0.05, 0.1) is 12.2 Å². The van der Waals surface area contributed by atoms with Crippen LogP contribution in [-0.4, -0.2) is 41.6 Å². The summed E-state index contributed by atoms with van der Waals surface area (Å²) in [5.74, 6) is 0. The summed E-state index contributed by atoms with van der Waals surface area (Å²) in [6, 6.07) is 0. The molecule has 6 N–H and O–H groups in total. The fourth-order valence-corrected chi connectivity index (χ4v) is 4.44. The summed E-state index contributed by atoms with van der Waals surface area (Å²) in [5.41, 5.74) is -0.513. The topological polar surface area (TPSA) is 227 Å². The Bertz CT molecular complexity index is 718. The van der Waals surface area contributed by atoms with Gasteiger partial charge in [0, 0.05) is 0 Å². The van der Waals surface area contributed by atoms with Crippen LogP contribution in [0, 0.1) is 0 Å². The van der Waals surface area contributed by atoms with Gasteiger partial charge in [-0.05, 0) is 27.2 Å². The predicted molar refractivity (Wildman–Crippen MR) is 96.7 cm³/mol. The first-order valence-corrected chi connectivity index (χ1v) is 13.0. The zero-order valence-corrected chi connectivity index (χ0v) is 18.7. The number of phosphoric acid groups is 4. The Labute approximate surface area is 161 Å². The molecule has 14 nitrogen and oxygen atoms in total. The van der Waals surface area contributed by atoms with E-state index in [0.717, 1.165) is 0 Å². The van der Waals surface area contributed by atoms with Gasteiger partial charge >= 0.3 is 31.3 Å². The molecule has 18 heteroatoms. The fourth-order valence-electron chi connectivity index (χ4n) is 0.979. The minimum absolute atomic E-state index is 0.191. The van der Waals surface area contributed by atoms with Gasteiger partial charge in [0.15, 0.2) is 0 Å². The van der Waals surface area contributed by atoms with Crippen molar-refractivity contribution in [1.82, 2.24) is 0 Å². The van der Waals surface area contributed by atoms with Crippen LogP contribution in [0.1, 0.15) is 27.2 Å². The first-order chi connectivity index (χ1) is 12.1. The monoisotopic (exact) mass is 492 g/mol. The van der Waals surface area contributed by atoms with Crippen molar-refractivity contribution in [2.24, 2.45) is 0 Å². The van der Waals surface area contributed by atoms with Crippen LogP contribution in [-0.2, 0) is 35.9 Å². The molecular formula is C10H24O14P4. The second kappa shape index (κ2) is 11.4. The number of rotatable bonds is 11. The Morgan fingerprint density at radius 1 is 0.929 bits per heavy atom. The molecule has 0 aliphatic carbocycles. The van der Waals surface area contributed by atoms with Crippen molar-refractivity contribution in [3.8, 4) is 0 Å². The van der Waals surface area contributed by atoms with E-state index in [9.17, 15) is 18.3 Å². The van der Waals surface area contributed by atoms with Gasteiger partial charge in [-0.2, -0.15) is 8.62 Å². The largest absolute Gasteiger partial charge is 0.481 e. The van der Waals surface area contributed by atoms with E-state index in [4.69, 9.17) is 29.4 Å². The van der Waals surface area contributed by atoms with Gasteiger partial charge in [-0.25, -0.2) is 18.3 Å². The molecule has 0 saturated heterocycles. The molecule has 0 aliphatic rings. The van der Waals surface area contributed by atoms with E-state index in [1.807, 2.05) is 0 Å². The molecule has 0 saturated carbocycles. The van der Waals surface area contributed by atoms with Crippen LogP contribution in [0.3, 0.4) is 0 Å². The molecule has 0 aromatic heterocycles. The van der Waals surface area contributed by atoms with Crippen LogP contribution in [0.5, 0.6) is 0 Å². The average molecular weight is 492 g/mol. The van der Waals surface area contributed by atoms with E-state index in [2.05, 4.69) is 30.8 Å². The SMILES string of the molecule is C=C(C)CCOP(=O)(O)OP(=O)(O)O.C=CC(C)(C)OP(=O)(O)OP(=O)(O)O. The third kappa shape index (κ3) is 20.7. The summed E-state index contributed by atoms with van der Waals surface area (Å²) in [4.78, 5) is 50.6. The Morgan fingerprint density at radius 2 is 1.32 bits per heavy atom. The first-order valence-electron chi connectivity index (χ1n) is 6.92. The van der Waals surface area contributed by atoms with Crippen LogP contribution < -0.4 is 0 Å². The second-order valence-corrected chi connectivity index (χ2v) is 11.1. The number of hydrogen-bond acceptors (Lipinski definition) is 8. The van der Waals surface area contributed by atoms with Crippen molar-refractivity contribution in [3.63, 3.8) is 0 Å². The molecule has 2 atom stereocenters. The summed E-state index contributed by atoms with van der Waals surface area (Å²) >= 11 is 0. The lowest BCUT2D eigenvalue weighted by atomic mass is 10.1. The van der Waals surface area contributed by atoms with Crippen LogP contribution in [0.25, 0.3) is 0 Å². The van der Waals surface area contributed by atoms with Crippen LogP contribution in [0.15, 0.2) is 24.8 Å². The maximum absolute atomic E-state index is 11.0. The third-order valence-corrected chi connectivity index (χ3v) is 6.61. The Balaban J connectivity index is 0. The van der Waals surface area contributed by atoms with E-state index < -0.39 is 36.9 Å². The minimum Gasteiger partial charge on any atom is -0.302 e.